The fourth-order valence-electron chi connectivity index (χ4n) is 3.35. The number of benzene rings is 2. The van der Waals surface area contributed by atoms with Crippen LogP contribution in [0.1, 0.15) is 36.5 Å². The van der Waals surface area contributed by atoms with E-state index >= 15 is 0 Å². The molecule has 1 aromatic heterocycles. The van der Waals surface area contributed by atoms with Gasteiger partial charge in [0, 0.05) is 24.4 Å². The van der Waals surface area contributed by atoms with Crippen molar-refractivity contribution < 1.29 is 18.8 Å². The first kappa shape index (κ1) is 22.9. The predicted molar refractivity (Wildman–Crippen MR) is 126 cm³/mol. The summed E-state index contributed by atoms with van der Waals surface area (Å²) in [7, 11) is 1.61. The van der Waals surface area contributed by atoms with Crippen molar-refractivity contribution in [3.63, 3.8) is 0 Å². The van der Waals surface area contributed by atoms with Crippen molar-refractivity contribution in [3.8, 4) is 11.5 Å². The number of nitrogens with zero attached hydrogens (tertiary/aromatic N) is 1. The molecular weight excluding hydrogens is 412 g/mol. The van der Waals surface area contributed by atoms with Gasteiger partial charge >= 0.3 is 0 Å². The number of carbonyl (C=O) groups excluding carboxylic acids is 1. The van der Waals surface area contributed by atoms with Crippen molar-refractivity contribution in [1.29, 1.82) is 0 Å². The molecule has 0 radical (unpaired) electrons. The van der Waals surface area contributed by atoms with Gasteiger partial charge in [0.05, 0.1) is 36.9 Å². The second-order valence-corrected chi connectivity index (χ2v) is 8.73. The maximum absolute atomic E-state index is 12.8. The Morgan fingerprint density at radius 2 is 1.94 bits per heavy atom. The van der Waals surface area contributed by atoms with E-state index in [1.807, 2.05) is 49.4 Å². The van der Waals surface area contributed by atoms with E-state index in [0.717, 1.165) is 17.5 Å². The van der Waals surface area contributed by atoms with E-state index in [0.29, 0.717) is 53.5 Å². The Labute approximate surface area is 186 Å². The van der Waals surface area contributed by atoms with Crippen LogP contribution in [0.4, 0.5) is 11.4 Å². The van der Waals surface area contributed by atoms with E-state index in [-0.39, 0.29) is 5.78 Å². The van der Waals surface area contributed by atoms with Crippen LogP contribution in [0.3, 0.4) is 0 Å². The molecule has 0 aliphatic rings. The van der Waals surface area contributed by atoms with Gasteiger partial charge in [0.15, 0.2) is 5.78 Å². The average Bonchev–Trinajstić information content (AvgIpc) is 2.77. The quantitative estimate of drug-likeness (QED) is 0.253. The van der Waals surface area contributed by atoms with Gasteiger partial charge in [-0.3, -0.25) is 9.78 Å². The minimum absolute atomic E-state index is 0.0334. The third kappa shape index (κ3) is 5.68. The minimum Gasteiger partial charge on any atom is -0.617 e. The van der Waals surface area contributed by atoms with E-state index < -0.39 is 11.2 Å². The molecule has 0 spiro atoms. The zero-order valence-electron chi connectivity index (χ0n) is 18.1. The largest absolute Gasteiger partial charge is 0.617 e. The summed E-state index contributed by atoms with van der Waals surface area (Å²) in [5.74, 6) is 1.94. The fourth-order valence-corrected chi connectivity index (χ4v) is 3.87. The number of methoxy groups -OCH3 is 1. The first-order chi connectivity index (χ1) is 15.0. The molecule has 1 N–H and O–H groups in total. The second-order valence-electron chi connectivity index (χ2n) is 7.18. The van der Waals surface area contributed by atoms with Gasteiger partial charge in [-0.15, -0.1) is 0 Å². The van der Waals surface area contributed by atoms with Crippen LogP contribution in [-0.2, 0) is 11.2 Å². The number of hydrogen-bond donors (Lipinski definition) is 1. The molecule has 164 valence electrons. The average molecular weight is 441 g/mol. The summed E-state index contributed by atoms with van der Waals surface area (Å²) in [6.45, 7) is 2.43. The van der Waals surface area contributed by atoms with Gasteiger partial charge in [-0.25, -0.2) is 0 Å². The number of fused-ring (bicyclic) bond motifs is 1. The molecule has 3 rings (SSSR count). The van der Waals surface area contributed by atoms with Crippen molar-refractivity contribution in [2.24, 2.45) is 0 Å². The monoisotopic (exact) mass is 440 g/mol. The van der Waals surface area contributed by atoms with Gasteiger partial charge in [-0.05, 0) is 24.6 Å². The molecular formula is C24H28N2O4S. The lowest BCUT2D eigenvalue weighted by atomic mass is 10.0. The number of nitrogens with one attached hydrogen (secondary N) is 1. The number of Topliss-reactive ketones (excluding diaryl/α,β-unsaturated/α-hetero) is 1. The number of carbonyl (C=O) groups is 1. The maximum atomic E-state index is 12.8. The Morgan fingerprint density at radius 1 is 1.16 bits per heavy atom. The standard InChI is InChI=1S/C24H28N2O4S/c1-4-9-20(27)18-16-25-24-17(10-7-13-22(24)30-14-8-15-31(3)28)23(18)26-19-11-5-6-12-21(19)29-2/h5-7,10-13,16H,4,8-9,14-15H2,1-3H3,(H,25,26). The lowest BCUT2D eigenvalue weighted by Gasteiger charge is -2.17. The van der Waals surface area contributed by atoms with Crippen molar-refractivity contribution in [2.75, 3.05) is 31.0 Å². The third-order valence-electron chi connectivity index (χ3n) is 4.84. The zero-order chi connectivity index (χ0) is 22.2. The molecule has 0 amide bonds. The molecule has 1 unspecified atom stereocenters. The number of rotatable bonds is 11. The van der Waals surface area contributed by atoms with E-state index in [2.05, 4.69) is 10.3 Å². The van der Waals surface area contributed by atoms with Crippen LogP contribution in [0.2, 0.25) is 0 Å². The highest BCUT2D eigenvalue weighted by Gasteiger charge is 2.18. The number of ketones is 1. The highest BCUT2D eigenvalue weighted by atomic mass is 32.2. The lowest BCUT2D eigenvalue weighted by molar-refractivity contribution is 0.0982. The van der Waals surface area contributed by atoms with Gasteiger partial charge in [-0.1, -0.05) is 42.4 Å². The zero-order valence-corrected chi connectivity index (χ0v) is 19.0. The normalized spacial score (nSPS) is 11.9. The minimum atomic E-state index is -0.846. The molecule has 0 aliphatic carbocycles. The highest BCUT2D eigenvalue weighted by molar-refractivity contribution is 7.90. The molecule has 1 atom stereocenters. The number of anilines is 2. The summed E-state index contributed by atoms with van der Waals surface area (Å²) < 4.78 is 22.7. The number of aromatic nitrogens is 1. The van der Waals surface area contributed by atoms with Crippen LogP contribution in [0.5, 0.6) is 11.5 Å². The Hall–Kier alpha value is -2.77. The smallest absolute Gasteiger partial charge is 0.166 e. The van der Waals surface area contributed by atoms with Crippen molar-refractivity contribution in [1.82, 2.24) is 4.98 Å². The predicted octanol–water partition coefficient (Wildman–Crippen LogP) is 5.12. The molecule has 3 aromatic rings. The highest BCUT2D eigenvalue weighted by Crippen LogP contribution is 2.36. The Morgan fingerprint density at radius 3 is 2.68 bits per heavy atom. The number of para-hydroxylation sites is 3. The van der Waals surface area contributed by atoms with Crippen LogP contribution in [0.15, 0.2) is 48.7 Å². The van der Waals surface area contributed by atoms with Gasteiger partial charge in [0.1, 0.15) is 22.8 Å². The second kappa shape index (κ2) is 11.0. The van der Waals surface area contributed by atoms with Gasteiger partial charge in [0.2, 0.25) is 0 Å². The van der Waals surface area contributed by atoms with Crippen LogP contribution in [-0.4, -0.2) is 41.0 Å². The molecule has 0 aliphatic heterocycles. The van der Waals surface area contributed by atoms with E-state index in [9.17, 15) is 9.35 Å². The van der Waals surface area contributed by atoms with Crippen molar-refractivity contribution >= 4 is 39.2 Å². The summed E-state index contributed by atoms with van der Waals surface area (Å²) in [6.07, 6.45) is 5.19. The summed E-state index contributed by atoms with van der Waals surface area (Å²) >= 11 is -0.846. The number of hydrogen-bond acceptors (Lipinski definition) is 6. The molecule has 31 heavy (non-hydrogen) atoms. The van der Waals surface area contributed by atoms with Gasteiger partial charge in [-0.2, -0.15) is 0 Å². The van der Waals surface area contributed by atoms with Gasteiger partial charge in [0.25, 0.3) is 0 Å². The molecule has 0 bridgehead atoms. The number of pyridine rings is 1. The summed E-state index contributed by atoms with van der Waals surface area (Å²) in [5.41, 5.74) is 2.66. The maximum Gasteiger partial charge on any atom is 0.166 e. The van der Waals surface area contributed by atoms with Crippen molar-refractivity contribution in [2.45, 2.75) is 26.2 Å². The van der Waals surface area contributed by atoms with E-state index in [1.165, 1.54) is 0 Å². The molecule has 7 heteroatoms. The topological polar surface area (TPSA) is 83.5 Å². The summed E-state index contributed by atoms with van der Waals surface area (Å²) in [4.78, 5) is 17.4. The Balaban J connectivity index is 2.04. The first-order valence-electron chi connectivity index (χ1n) is 10.3. The molecule has 6 nitrogen and oxygen atoms in total. The molecule has 0 saturated carbocycles. The SMILES string of the molecule is CCCC(=O)c1cnc2c(OCCC[S+](C)[O-])cccc2c1Nc1ccccc1OC. The van der Waals surface area contributed by atoms with Gasteiger partial charge < -0.3 is 19.3 Å². The van der Waals surface area contributed by atoms with E-state index in [1.54, 1.807) is 19.6 Å². The Bertz CT molecular complexity index is 1040. The third-order valence-corrected chi connectivity index (χ3v) is 5.70. The molecule has 0 saturated heterocycles. The van der Waals surface area contributed by atoms with Crippen LogP contribution >= 0.6 is 0 Å². The van der Waals surface area contributed by atoms with Crippen LogP contribution in [0.25, 0.3) is 10.9 Å². The molecule has 1 heterocycles. The fraction of sp³-hybridized carbons (Fsp3) is 0.333. The first-order valence-corrected chi connectivity index (χ1v) is 12.1. The summed E-state index contributed by atoms with van der Waals surface area (Å²) in [5, 5.41) is 4.20. The van der Waals surface area contributed by atoms with Crippen LogP contribution in [0, 0.1) is 0 Å². The van der Waals surface area contributed by atoms with Crippen molar-refractivity contribution in [3.05, 3.63) is 54.2 Å². The molecule has 2 aromatic carbocycles. The summed E-state index contributed by atoms with van der Waals surface area (Å²) in [6, 6.07) is 13.3. The van der Waals surface area contributed by atoms with Crippen LogP contribution < -0.4 is 14.8 Å². The number of ether oxygens (including phenoxy) is 2. The Kier molecular flexibility index (Phi) is 8.14. The lowest BCUT2D eigenvalue weighted by Crippen LogP contribution is -2.09. The van der Waals surface area contributed by atoms with E-state index in [4.69, 9.17) is 9.47 Å². The molecule has 0 fully saturated rings.